The highest BCUT2D eigenvalue weighted by Crippen LogP contribution is 2.17. The molecule has 0 fully saturated rings. The summed E-state index contributed by atoms with van der Waals surface area (Å²) in [7, 11) is 0. The fraction of sp³-hybridized carbons (Fsp3) is 0.286. The van der Waals surface area contributed by atoms with Crippen LogP contribution in [-0.4, -0.2) is 22.1 Å². The van der Waals surface area contributed by atoms with Crippen molar-refractivity contribution in [3.05, 3.63) is 42.5 Å². The Labute approximate surface area is 117 Å². The first-order valence-corrected chi connectivity index (χ1v) is 6.44. The number of hydrogen-bond donors (Lipinski definition) is 2. The van der Waals surface area contributed by atoms with E-state index in [4.69, 9.17) is 10.5 Å². The zero-order chi connectivity index (χ0) is 14.4. The average molecular weight is 274 g/mol. The lowest BCUT2D eigenvalue weighted by Crippen LogP contribution is -2.20. The van der Waals surface area contributed by atoms with Gasteiger partial charge in [-0.05, 0) is 19.1 Å². The van der Waals surface area contributed by atoms with Crippen molar-refractivity contribution >= 4 is 11.6 Å². The monoisotopic (exact) mass is 274 g/mol. The van der Waals surface area contributed by atoms with E-state index in [1.165, 1.54) is 0 Å². The van der Waals surface area contributed by atoms with Gasteiger partial charge in [0, 0.05) is 30.7 Å². The number of ether oxygens (including phenoxy) is 1. The summed E-state index contributed by atoms with van der Waals surface area (Å²) in [5.41, 5.74) is 5.94. The number of nitrogens with zero attached hydrogens (tertiary/aromatic N) is 2. The van der Waals surface area contributed by atoms with Gasteiger partial charge in [0.25, 0.3) is 5.91 Å². The molecule has 0 radical (unpaired) electrons. The number of carbonyl (C=O) groups excluding carboxylic acids is 1. The van der Waals surface area contributed by atoms with Gasteiger partial charge in [0.1, 0.15) is 11.6 Å². The first-order chi connectivity index (χ1) is 9.69. The van der Waals surface area contributed by atoms with Crippen molar-refractivity contribution < 1.29 is 9.53 Å². The minimum absolute atomic E-state index is 0.121. The SMILES string of the molecule is CCn1ccnc1CNc1cccc(OCC(N)=O)c1. The number of nitrogens with two attached hydrogens (primary N) is 1. The lowest BCUT2D eigenvalue weighted by molar-refractivity contribution is -0.119. The van der Waals surface area contributed by atoms with Crippen molar-refractivity contribution in [2.75, 3.05) is 11.9 Å². The van der Waals surface area contributed by atoms with Gasteiger partial charge in [0.05, 0.1) is 6.54 Å². The highest BCUT2D eigenvalue weighted by molar-refractivity contribution is 5.75. The van der Waals surface area contributed by atoms with Crippen LogP contribution in [0.3, 0.4) is 0 Å². The number of aromatic nitrogens is 2. The molecular weight excluding hydrogens is 256 g/mol. The number of hydrogen-bond acceptors (Lipinski definition) is 4. The summed E-state index contributed by atoms with van der Waals surface area (Å²) in [4.78, 5) is 15.0. The second-order valence-electron chi connectivity index (χ2n) is 4.27. The maximum absolute atomic E-state index is 10.7. The minimum Gasteiger partial charge on any atom is -0.484 e. The summed E-state index contributed by atoms with van der Waals surface area (Å²) in [6, 6.07) is 7.38. The molecule has 0 unspecified atom stereocenters. The number of imidazole rings is 1. The summed E-state index contributed by atoms with van der Waals surface area (Å²) >= 11 is 0. The van der Waals surface area contributed by atoms with Crippen LogP contribution in [0, 0.1) is 0 Å². The number of benzene rings is 1. The summed E-state index contributed by atoms with van der Waals surface area (Å²) < 4.78 is 7.32. The molecule has 2 aromatic rings. The van der Waals surface area contributed by atoms with Crippen LogP contribution < -0.4 is 15.8 Å². The summed E-state index contributed by atoms with van der Waals surface area (Å²) in [6.45, 7) is 3.46. The van der Waals surface area contributed by atoms with Crippen molar-refractivity contribution in [2.45, 2.75) is 20.0 Å². The number of anilines is 1. The van der Waals surface area contributed by atoms with E-state index in [-0.39, 0.29) is 6.61 Å². The Morgan fingerprint density at radius 3 is 3.10 bits per heavy atom. The van der Waals surface area contributed by atoms with E-state index in [1.54, 1.807) is 12.3 Å². The Balaban J connectivity index is 1.96. The fourth-order valence-corrected chi connectivity index (χ4v) is 1.83. The van der Waals surface area contributed by atoms with Crippen molar-refractivity contribution in [3.8, 4) is 5.75 Å². The summed E-state index contributed by atoms with van der Waals surface area (Å²) in [6.07, 6.45) is 3.73. The maximum Gasteiger partial charge on any atom is 0.255 e. The molecule has 0 atom stereocenters. The Bertz CT molecular complexity index is 580. The quantitative estimate of drug-likeness (QED) is 0.799. The predicted molar refractivity (Wildman–Crippen MR) is 76.4 cm³/mol. The molecule has 20 heavy (non-hydrogen) atoms. The molecule has 1 heterocycles. The number of amides is 1. The van der Waals surface area contributed by atoms with Crippen LogP contribution in [0.25, 0.3) is 0 Å². The molecule has 1 aromatic heterocycles. The third kappa shape index (κ3) is 3.74. The topological polar surface area (TPSA) is 82.2 Å². The first-order valence-electron chi connectivity index (χ1n) is 6.44. The van der Waals surface area contributed by atoms with Gasteiger partial charge in [-0.3, -0.25) is 4.79 Å². The molecule has 0 bridgehead atoms. The Hall–Kier alpha value is -2.50. The third-order valence-electron chi connectivity index (χ3n) is 2.81. The largest absolute Gasteiger partial charge is 0.484 e. The molecule has 106 valence electrons. The molecule has 1 aromatic carbocycles. The van der Waals surface area contributed by atoms with Gasteiger partial charge in [-0.1, -0.05) is 6.07 Å². The molecular formula is C14H18N4O2. The summed E-state index contributed by atoms with van der Waals surface area (Å²) in [5, 5.41) is 3.27. The standard InChI is InChI=1S/C14H18N4O2/c1-2-18-7-6-16-14(18)9-17-11-4-3-5-12(8-11)20-10-13(15)19/h3-8,17H,2,9-10H2,1H3,(H2,15,19). The van der Waals surface area contributed by atoms with E-state index in [0.29, 0.717) is 12.3 Å². The van der Waals surface area contributed by atoms with E-state index in [1.807, 2.05) is 24.4 Å². The van der Waals surface area contributed by atoms with Gasteiger partial charge < -0.3 is 20.4 Å². The minimum atomic E-state index is -0.492. The van der Waals surface area contributed by atoms with E-state index >= 15 is 0 Å². The molecule has 0 spiro atoms. The number of aryl methyl sites for hydroxylation is 1. The Morgan fingerprint density at radius 2 is 2.35 bits per heavy atom. The molecule has 0 aliphatic heterocycles. The number of carbonyl (C=O) groups is 1. The van der Waals surface area contributed by atoms with Crippen molar-refractivity contribution in [1.29, 1.82) is 0 Å². The zero-order valence-corrected chi connectivity index (χ0v) is 11.4. The molecule has 3 N–H and O–H groups in total. The van der Waals surface area contributed by atoms with Crippen LogP contribution in [0.15, 0.2) is 36.7 Å². The predicted octanol–water partition coefficient (Wildman–Crippen LogP) is 1.38. The van der Waals surface area contributed by atoms with Gasteiger partial charge in [-0.2, -0.15) is 0 Å². The van der Waals surface area contributed by atoms with E-state index < -0.39 is 5.91 Å². The van der Waals surface area contributed by atoms with Crippen LogP contribution in [0.5, 0.6) is 5.75 Å². The highest BCUT2D eigenvalue weighted by Gasteiger charge is 2.02. The normalized spacial score (nSPS) is 10.2. The molecule has 6 heteroatoms. The van der Waals surface area contributed by atoms with E-state index in [2.05, 4.69) is 21.8 Å². The molecule has 6 nitrogen and oxygen atoms in total. The van der Waals surface area contributed by atoms with Crippen LogP contribution in [0.2, 0.25) is 0 Å². The van der Waals surface area contributed by atoms with E-state index in [9.17, 15) is 4.79 Å². The van der Waals surface area contributed by atoms with Gasteiger partial charge >= 0.3 is 0 Å². The lowest BCUT2D eigenvalue weighted by Gasteiger charge is -2.10. The second kappa shape index (κ2) is 6.60. The molecule has 1 amide bonds. The number of nitrogens with one attached hydrogen (secondary N) is 1. The lowest BCUT2D eigenvalue weighted by atomic mass is 10.3. The molecule has 2 rings (SSSR count). The Morgan fingerprint density at radius 1 is 1.50 bits per heavy atom. The highest BCUT2D eigenvalue weighted by atomic mass is 16.5. The molecule has 0 saturated carbocycles. The maximum atomic E-state index is 10.7. The smallest absolute Gasteiger partial charge is 0.255 e. The van der Waals surface area contributed by atoms with Crippen molar-refractivity contribution in [3.63, 3.8) is 0 Å². The van der Waals surface area contributed by atoms with Crippen LogP contribution in [0.4, 0.5) is 5.69 Å². The van der Waals surface area contributed by atoms with Crippen molar-refractivity contribution in [1.82, 2.24) is 9.55 Å². The van der Waals surface area contributed by atoms with Crippen LogP contribution >= 0.6 is 0 Å². The third-order valence-corrected chi connectivity index (χ3v) is 2.81. The molecule has 0 aliphatic rings. The van der Waals surface area contributed by atoms with Gasteiger partial charge in [0.15, 0.2) is 6.61 Å². The number of primary amides is 1. The van der Waals surface area contributed by atoms with Crippen molar-refractivity contribution in [2.24, 2.45) is 5.73 Å². The van der Waals surface area contributed by atoms with Crippen LogP contribution in [-0.2, 0) is 17.9 Å². The second-order valence-corrected chi connectivity index (χ2v) is 4.27. The van der Waals surface area contributed by atoms with Gasteiger partial charge in [0.2, 0.25) is 0 Å². The van der Waals surface area contributed by atoms with Gasteiger partial charge in [-0.25, -0.2) is 4.98 Å². The molecule has 0 saturated heterocycles. The fourth-order valence-electron chi connectivity index (χ4n) is 1.83. The van der Waals surface area contributed by atoms with E-state index in [0.717, 1.165) is 18.1 Å². The van der Waals surface area contributed by atoms with Crippen LogP contribution in [0.1, 0.15) is 12.7 Å². The zero-order valence-electron chi connectivity index (χ0n) is 11.4. The Kier molecular flexibility index (Phi) is 4.60. The molecule has 0 aliphatic carbocycles. The number of rotatable bonds is 7. The average Bonchev–Trinajstić information content (AvgIpc) is 2.91. The first kappa shape index (κ1) is 13.9. The summed E-state index contributed by atoms with van der Waals surface area (Å²) in [5.74, 6) is 1.08. The van der Waals surface area contributed by atoms with Gasteiger partial charge in [-0.15, -0.1) is 0 Å².